The Hall–Kier alpha value is -2.84. The largest absolute Gasteiger partial charge is 0.422 e. The van der Waals surface area contributed by atoms with E-state index >= 15 is 0 Å². The van der Waals surface area contributed by atoms with Gasteiger partial charge in [-0.25, -0.2) is 4.79 Å². The zero-order chi connectivity index (χ0) is 17.4. The molecular weight excluding hydrogens is 332 g/mol. The number of halogens is 1. The van der Waals surface area contributed by atoms with Gasteiger partial charge in [0.25, 0.3) is 0 Å². The van der Waals surface area contributed by atoms with Crippen LogP contribution in [0, 0.1) is 6.92 Å². The summed E-state index contributed by atoms with van der Waals surface area (Å²) in [5, 5.41) is 2.96. The topological polar surface area (TPSA) is 26.3 Å². The van der Waals surface area contributed by atoms with Crippen LogP contribution in [0.25, 0.3) is 22.6 Å². The molecule has 3 aromatic carbocycles. The lowest BCUT2D eigenvalue weighted by molar-refractivity contribution is -0.130. The Morgan fingerprint density at radius 2 is 1.64 bits per heavy atom. The third-order valence-corrected chi connectivity index (χ3v) is 4.45. The van der Waals surface area contributed by atoms with Crippen molar-refractivity contribution in [3.05, 3.63) is 94.0 Å². The van der Waals surface area contributed by atoms with Crippen LogP contribution in [0.3, 0.4) is 0 Å². The van der Waals surface area contributed by atoms with Crippen LogP contribution in [-0.2, 0) is 9.53 Å². The van der Waals surface area contributed by atoms with E-state index < -0.39 is 0 Å². The number of carbonyl (C=O) groups is 1. The van der Waals surface area contributed by atoms with Crippen LogP contribution in [-0.4, -0.2) is 5.97 Å². The lowest BCUT2D eigenvalue weighted by atomic mass is 10.0. The van der Waals surface area contributed by atoms with Crippen LogP contribution in [0.4, 0.5) is 0 Å². The molecule has 3 aromatic rings. The van der Waals surface area contributed by atoms with Crippen molar-refractivity contribution >= 4 is 40.2 Å². The molecule has 0 spiro atoms. The average Bonchev–Trinajstić information content (AvgIpc) is 2.97. The minimum absolute atomic E-state index is 0.339. The lowest BCUT2D eigenvalue weighted by Gasteiger charge is -2.05. The Kier molecular flexibility index (Phi) is 3.90. The molecule has 1 aliphatic heterocycles. The molecule has 0 aromatic heterocycles. The third-order valence-electron chi connectivity index (χ3n) is 4.20. The van der Waals surface area contributed by atoms with Gasteiger partial charge in [-0.15, -0.1) is 0 Å². The minimum atomic E-state index is -0.339. The normalized spacial score (nSPS) is 15.5. The number of ether oxygens (including phenoxy) is 1. The second-order valence-corrected chi connectivity index (χ2v) is 6.55. The van der Waals surface area contributed by atoms with Crippen LogP contribution in [0.2, 0.25) is 5.02 Å². The molecule has 4 rings (SSSR count). The van der Waals surface area contributed by atoms with Crippen LogP contribution in [0.1, 0.15) is 16.7 Å². The molecule has 1 aliphatic rings. The van der Waals surface area contributed by atoms with Gasteiger partial charge in [0.2, 0.25) is 0 Å². The summed E-state index contributed by atoms with van der Waals surface area (Å²) in [5.74, 6) is 0.238. The van der Waals surface area contributed by atoms with E-state index in [0.29, 0.717) is 16.4 Å². The molecule has 1 heterocycles. The SMILES string of the molecule is Cc1ccc2cc(C3=CC(=Cc4ccc(Cl)cc4)C(=O)O3)ccc2c1. The summed E-state index contributed by atoms with van der Waals surface area (Å²) in [4.78, 5) is 12.2. The van der Waals surface area contributed by atoms with Gasteiger partial charge in [0.15, 0.2) is 0 Å². The van der Waals surface area contributed by atoms with E-state index in [-0.39, 0.29) is 5.97 Å². The lowest BCUT2D eigenvalue weighted by Crippen LogP contribution is -1.97. The molecule has 0 amide bonds. The zero-order valence-corrected chi connectivity index (χ0v) is 14.4. The molecule has 0 aliphatic carbocycles. The zero-order valence-electron chi connectivity index (χ0n) is 13.6. The third kappa shape index (κ3) is 3.21. The van der Waals surface area contributed by atoms with Crippen LogP contribution in [0.5, 0.6) is 0 Å². The smallest absolute Gasteiger partial charge is 0.343 e. The molecule has 0 N–H and O–H groups in total. The van der Waals surface area contributed by atoms with Crippen LogP contribution >= 0.6 is 11.6 Å². The second kappa shape index (κ2) is 6.23. The number of hydrogen-bond donors (Lipinski definition) is 0. The van der Waals surface area contributed by atoms with E-state index in [1.165, 1.54) is 10.9 Å². The van der Waals surface area contributed by atoms with Crippen molar-refractivity contribution in [2.45, 2.75) is 6.92 Å². The van der Waals surface area contributed by atoms with Gasteiger partial charge in [0.05, 0.1) is 5.57 Å². The van der Waals surface area contributed by atoms with Crippen LogP contribution < -0.4 is 0 Å². The number of rotatable bonds is 2. The van der Waals surface area contributed by atoms with Crippen LogP contribution in [0.15, 0.2) is 72.3 Å². The summed E-state index contributed by atoms with van der Waals surface area (Å²) in [6, 6.07) is 19.7. The van der Waals surface area contributed by atoms with E-state index in [2.05, 4.69) is 25.1 Å². The number of carbonyl (C=O) groups excluding carboxylic acids is 1. The first-order chi connectivity index (χ1) is 12.1. The highest BCUT2D eigenvalue weighted by atomic mass is 35.5. The molecule has 0 fully saturated rings. The maximum absolute atomic E-state index is 12.2. The first-order valence-electron chi connectivity index (χ1n) is 8.00. The highest BCUT2D eigenvalue weighted by molar-refractivity contribution is 6.30. The fraction of sp³-hybridized carbons (Fsp3) is 0.0455. The van der Waals surface area contributed by atoms with Crippen molar-refractivity contribution < 1.29 is 9.53 Å². The number of fused-ring (bicyclic) bond motifs is 1. The predicted octanol–water partition coefficient (Wildman–Crippen LogP) is 5.78. The molecule has 0 radical (unpaired) electrons. The molecule has 0 unspecified atom stereocenters. The van der Waals surface area contributed by atoms with E-state index in [1.54, 1.807) is 24.3 Å². The number of hydrogen-bond acceptors (Lipinski definition) is 2. The highest BCUT2D eigenvalue weighted by Crippen LogP contribution is 2.30. The number of benzene rings is 3. The van der Waals surface area contributed by atoms with Crippen molar-refractivity contribution in [2.24, 2.45) is 0 Å². The second-order valence-electron chi connectivity index (χ2n) is 6.11. The van der Waals surface area contributed by atoms with Crippen molar-refractivity contribution in [1.29, 1.82) is 0 Å². The van der Waals surface area contributed by atoms with Crippen molar-refractivity contribution in [3.8, 4) is 0 Å². The van der Waals surface area contributed by atoms with Gasteiger partial charge >= 0.3 is 5.97 Å². The van der Waals surface area contributed by atoms with Gasteiger partial charge in [-0.2, -0.15) is 0 Å². The summed E-state index contributed by atoms with van der Waals surface area (Å²) in [5.41, 5.74) is 3.55. The molecule has 122 valence electrons. The molecule has 2 nitrogen and oxygen atoms in total. The van der Waals surface area contributed by atoms with Gasteiger partial charge in [-0.05, 0) is 53.6 Å². The Bertz CT molecular complexity index is 1040. The first kappa shape index (κ1) is 15.7. The van der Waals surface area contributed by atoms with Crippen molar-refractivity contribution in [1.82, 2.24) is 0 Å². The maximum atomic E-state index is 12.2. The average molecular weight is 347 g/mol. The predicted molar refractivity (Wildman–Crippen MR) is 102 cm³/mol. The maximum Gasteiger partial charge on any atom is 0.343 e. The summed E-state index contributed by atoms with van der Waals surface area (Å²) in [6.07, 6.45) is 3.59. The van der Waals surface area contributed by atoms with E-state index in [0.717, 1.165) is 16.5 Å². The molecule has 0 saturated carbocycles. The molecule has 0 saturated heterocycles. The summed E-state index contributed by atoms with van der Waals surface area (Å²) < 4.78 is 5.46. The first-order valence-corrected chi connectivity index (χ1v) is 8.38. The Labute approximate surface area is 151 Å². The van der Waals surface area contributed by atoms with Gasteiger partial charge in [-0.1, -0.05) is 59.6 Å². The molecule has 0 atom stereocenters. The molecule has 0 bridgehead atoms. The van der Waals surface area contributed by atoms with Crippen molar-refractivity contribution in [3.63, 3.8) is 0 Å². The molecule has 25 heavy (non-hydrogen) atoms. The monoisotopic (exact) mass is 346 g/mol. The molecule has 3 heteroatoms. The summed E-state index contributed by atoms with van der Waals surface area (Å²) in [7, 11) is 0. The Morgan fingerprint density at radius 3 is 2.44 bits per heavy atom. The van der Waals surface area contributed by atoms with Gasteiger partial charge in [-0.3, -0.25) is 0 Å². The molecular formula is C22H15ClO2. The van der Waals surface area contributed by atoms with E-state index in [9.17, 15) is 4.79 Å². The minimum Gasteiger partial charge on any atom is -0.422 e. The van der Waals surface area contributed by atoms with Crippen molar-refractivity contribution in [2.75, 3.05) is 0 Å². The quantitative estimate of drug-likeness (QED) is 0.434. The van der Waals surface area contributed by atoms with Gasteiger partial charge in [0, 0.05) is 10.6 Å². The van der Waals surface area contributed by atoms with Gasteiger partial charge < -0.3 is 4.74 Å². The fourth-order valence-electron chi connectivity index (χ4n) is 2.89. The number of cyclic esters (lactones) is 1. The number of aryl methyl sites for hydroxylation is 1. The van der Waals surface area contributed by atoms with E-state index in [1.807, 2.05) is 30.3 Å². The Balaban J connectivity index is 1.70. The summed E-state index contributed by atoms with van der Waals surface area (Å²) >= 11 is 5.89. The fourth-order valence-corrected chi connectivity index (χ4v) is 3.01. The highest BCUT2D eigenvalue weighted by Gasteiger charge is 2.22. The summed E-state index contributed by atoms with van der Waals surface area (Å²) in [6.45, 7) is 2.07. The Morgan fingerprint density at radius 1 is 0.920 bits per heavy atom. The standard InChI is InChI=1S/C22H15ClO2/c1-14-2-5-17-12-18(7-6-16(17)10-14)21-13-19(22(24)25-21)11-15-3-8-20(23)9-4-15/h2-13H,1H3. The van der Waals surface area contributed by atoms with E-state index in [4.69, 9.17) is 16.3 Å². The number of esters is 1. The van der Waals surface area contributed by atoms with Gasteiger partial charge in [0.1, 0.15) is 5.76 Å².